The summed E-state index contributed by atoms with van der Waals surface area (Å²) in [7, 11) is 0. The third-order valence-corrected chi connectivity index (χ3v) is 1.13. The number of nitrogen functional groups attached to an aromatic ring is 1. The Morgan fingerprint density at radius 2 is 2.08 bits per heavy atom. The minimum Gasteiger partial charge on any atom is -0.489 e. The summed E-state index contributed by atoms with van der Waals surface area (Å²) in [6.07, 6.45) is 1.80. The van der Waals surface area contributed by atoms with Gasteiger partial charge in [-0.1, -0.05) is 0 Å². The van der Waals surface area contributed by atoms with Crippen molar-refractivity contribution in [3.63, 3.8) is 0 Å². The summed E-state index contributed by atoms with van der Waals surface area (Å²) in [4.78, 5) is 3.88. The van der Waals surface area contributed by atoms with Gasteiger partial charge in [0.15, 0.2) is 0 Å². The summed E-state index contributed by atoms with van der Waals surface area (Å²) in [5.74, 6) is 1.27. The number of halogens is 1. The lowest BCUT2D eigenvalue weighted by molar-refractivity contribution is 0.241. The zero-order valence-electron chi connectivity index (χ0n) is 7.15. The second kappa shape index (κ2) is 4.83. The zero-order chi connectivity index (χ0) is 8.27. The molecule has 0 radical (unpaired) electrons. The molecule has 0 aliphatic carbocycles. The predicted molar refractivity (Wildman–Crippen MR) is 51.7 cm³/mol. The molecule has 1 heterocycles. The average molecular weight is 189 g/mol. The molecule has 0 saturated heterocycles. The number of anilines is 1. The van der Waals surface area contributed by atoms with E-state index in [1.807, 2.05) is 19.9 Å². The molecule has 0 fully saturated rings. The molecule has 2 N–H and O–H groups in total. The van der Waals surface area contributed by atoms with Crippen LogP contribution in [0.5, 0.6) is 5.75 Å². The van der Waals surface area contributed by atoms with Crippen molar-refractivity contribution < 1.29 is 4.74 Å². The van der Waals surface area contributed by atoms with Crippen molar-refractivity contribution >= 4 is 18.2 Å². The van der Waals surface area contributed by atoms with E-state index in [0.717, 1.165) is 5.75 Å². The predicted octanol–water partition coefficient (Wildman–Crippen LogP) is 1.87. The lowest BCUT2D eigenvalue weighted by Gasteiger charge is -2.08. The standard InChI is InChI=1S/C8H12N2O.ClH/c1-6(2)11-7-3-4-8(9)10-5-7;/h3-6H,1-2H3,(H2,9,10);1H. The fraction of sp³-hybridized carbons (Fsp3) is 0.375. The van der Waals surface area contributed by atoms with Crippen molar-refractivity contribution in [2.75, 3.05) is 5.73 Å². The highest BCUT2D eigenvalue weighted by molar-refractivity contribution is 5.85. The van der Waals surface area contributed by atoms with E-state index in [1.165, 1.54) is 0 Å². The molecule has 0 aliphatic heterocycles. The van der Waals surface area contributed by atoms with Crippen LogP contribution in [-0.2, 0) is 0 Å². The normalized spacial score (nSPS) is 9.25. The number of ether oxygens (including phenoxy) is 1. The number of aromatic nitrogens is 1. The third-order valence-electron chi connectivity index (χ3n) is 1.13. The Labute approximate surface area is 78.4 Å². The lowest BCUT2D eigenvalue weighted by Crippen LogP contribution is -2.05. The number of nitrogens with zero attached hydrogens (tertiary/aromatic N) is 1. The highest BCUT2D eigenvalue weighted by atomic mass is 35.5. The average Bonchev–Trinajstić information content (AvgIpc) is 1.93. The van der Waals surface area contributed by atoms with Gasteiger partial charge in [0, 0.05) is 0 Å². The highest BCUT2D eigenvalue weighted by Gasteiger charge is 1.95. The number of hydrogen-bond acceptors (Lipinski definition) is 3. The van der Waals surface area contributed by atoms with Crippen molar-refractivity contribution in [2.45, 2.75) is 20.0 Å². The molecule has 3 nitrogen and oxygen atoms in total. The first kappa shape index (κ1) is 11.0. The fourth-order valence-corrected chi connectivity index (χ4v) is 0.734. The monoisotopic (exact) mass is 188 g/mol. The molecule has 68 valence electrons. The van der Waals surface area contributed by atoms with Crippen LogP contribution in [0.3, 0.4) is 0 Å². The molecule has 0 aromatic carbocycles. The van der Waals surface area contributed by atoms with Crippen molar-refractivity contribution in [1.29, 1.82) is 0 Å². The molecule has 1 aromatic heterocycles. The Hall–Kier alpha value is -0.960. The number of nitrogens with two attached hydrogens (primary N) is 1. The van der Waals surface area contributed by atoms with Gasteiger partial charge in [-0.3, -0.25) is 0 Å². The molecule has 4 heteroatoms. The topological polar surface area (TPSA) is 48.1 Å². The maximum atomic E-state index is 5.39. The zero-order valence-corrected chi connectivity index (χ0v) is 7.97. The summed E-state index contributed by atoms with van der Waals surface area (Å²) in [6, 6.07) is 3.53. The van der Waals surface area contributed by atoms with Crippen molar-refractivity contribution in [2.24, 2.45) is 0 Å². The molecule has 0 spiro atoms. The Balaban J connectivity index is 0.00000121. The molecule has 0 unspecified atom stereocenters. The van der Waals surface area contributed by atoms with Gasteiger partial charge in [-0.15, -0.1) is 12.4 Å². The molecule has 0 aliphatic rings. The number of hydrogen-bond donors (Lipinski definition) is 1. The van der Waals surface area contributed by atoms with E-state index in [9.17, 15) is 0 Å². The largest absolute Gasteiger partial charge is 0.489 e. The van der Waals surface area contributed by atoms with Crippen LogP contribution in [0.15, 0.2) is 18.3 Å². The maximum Gasteiger partial charge on any atom is 0.138 e. The Kier molecular flexibility index (Phi) is 4.44. The summed E-state index contributed by atoms with van der Waals surface area (Å²) in [6.45, 7) is 3.94. The van der Waals surface area contributed by atoms with Crippen molar-refractivity contribution in [1.82, 2.24) is 4.98 Å². The van der Waals surface area contributed by atoms with E-state index in [-0.39, 0.29) is 18.5 Å². The lowest BCUT2D eigenvalue weighted by atomic mass is 10.4. The molecule has 1 rings (SSSR count). The van der Waals surface area contributed by atoms with Crippen molar-refractivity contribution in [3.05, 3.63) is 18.3 Å². The van der Waals surface area contributed by atoms with Crippen LogP contribution < -0.4 is 10.5 Å². The Morgan fingerprint density at radius 3 is 2.50 bits per heavy atom. The quantitative estimate of drug-likeness (QED) is 0.771. The second-order valence-corrected chi connectivity index (χ2v) is 2.59. The summed E-state index contributed by atoms with van der Waals surface area (Å²) < 4.78 is 5.35. The van der Waals surface area contributed by atoms with Crippen LogP contribution >= 0.6 is 12.4 Å². The molecule has 0 atom stereocenters. The van der Waals surface area contributed by atoms with Gasteiger partial charge in [0.2, 0.25) is 0 Å². The fourth-order valence-electron chi connectivity index (χ4n) is 0.734. The van der Waals surface area contributed by atoms with E-state index in [2.05, 4.69) is 4.98 Å². The molecule has 0 amide bonds. The van der Waals surface area contributed by atoms with Crippen LogP contribution in [0.25, 0.3) is 0 Å². The Morgan fingerprint density at radius 1 is 1.42 bits per heavy atom. The summed E-state index contributed by atoms with van der Waals surface area (Å²) in [5.41, 5.74) is 5.39. The van der Waals surface area contributed by atoms with Gasteiger partial charge < -0.3 is 10.5 Å². The number of pyridine rings is 1. The van der Waals surface area contributed by atoms with Gasteiger partial charge in [0.1, 0.15) is 11.6 Å². The minimum absolute atomic E-state index is 0. The molecule has 12 heavy (non-hydrogen) atoms. The first-order valence-electron chi connectivity index (χ1n) is 3.56. The van der Waals surface area contributed by atoms with Crippen LogP contribution in [0.4, 0.5) is 5.82 Å². The van der Waals surface area contributed by atoms with Crippen LogP contribution in [0.2, 0.25) is 0 Å². The SMILES string of the molecule is CC(C)Oc1ccc(N)nc1.Cl. The van der Waals surface area contributed by atoms with E-state index >= 15 is 0 Å². The van der Waals surface area contributed by atoms with Crippen LogP contribution in [0, 0.1) is 0 Å². The van der Waals surface area contributed by atoms with E-state index in [4.69, 9.17) is 10.5 Å². The molecule has 0 bridgehead atoms. The summed E-state index contributed by atoms with van der Waals surface area (Å²) >= 11 is 0. The molecular weight excluding hydrogens is 176 g/mol. The minimum atomic E-state index is 0. The smallest absolute Gasteiger partial charge is 0.138 e. The van der Waals surface area contributed by atoms with Gasteiger partial charge in [0.25, 0.3) is 0 Å². The van der Waals surface area contributed by atoms with Gasteiger partial charge in [-0.05, 0) is 26.0 Å². The van der Waals surface area contributed by atoms with Gasteiger partial charge in [-0.2, -0.15) is 0 Å². The van der Waals surface area contributed by atoms with Crippen molar-refractivity contribution in [3.8, 4) is 5.75 Å². The maximum absolute atomic E-state index is 5.39. The van der Waals surface area contributed by atoms with Gasteiger partial charge >= 0.3 is 0 Å². The summed E-state index contributed by atoms with van der Waals surface area (Å²) in [5, 5.41) is 0. The van der Waals surface area contributed by atoms with E-state index < -0.39 is 0 Å². The second-order valence-electron chi connectivity index (χ2n) is 2.59. The molecule has 0 saturated carbocycles. The van der Waals surface area contributed by atoms with Crippen LogP contribution in [-0.4, -0.2) is 11.1 Å². The Bertz CT molecular complexity index is 223. The van der Waals surface area contributed by atoms with Crippen LogP contribution in [0.1, 0.15) is 13.8 Å². The van der Waals surface area contributed by atoms with E-state index in [1.54, 1.807) is 12.3 Å². The first-order chi connectivity index (χ1) is 5.18. The first-order valence-corrected chi connectivity index (χ1v) is 3.56. The van der Waals surface area contributed by atoms with E-state index in [0.29, 0.717) is 5.82 Å². The third kappa shape index (κ3) is 3.44. The molecule has 1 aromatic rings. The molecular formula is C8H13ClN2O. The van der Waals surface area contributed by atoms with Gasteiger partial charge in [-0.25, -0.2) is 4.98 Å². The highest BCUT2D eigenvalue weighted by Crippen LogP contribution is 2.11. The van der Waals surface area contributed by atoms with Gasteiger partial charge in [0.05, 0.1) is 12.3 Å². The number of rotatable bonds is 2.